The van der Waals surface area contributed by atoms with Crippen LogP contribution < -0.4 is 10.7 Å². The summed E-state index contributed by atoms with van der Waals surface area (Å²) in [6, 6.07) is 9.63. The van der Waals surface area contributed by atoms with E-state index in [0.29, 0.717) is 5.92 Å². The van der Waals surface area contributed by atoms with E-state index in [0.717, 1.165) is 35.4 Å². The second kappa shape index (κ2) is 7.59. The number of hydrazone groups is 1. The SMILES string of the molecule is C=C(C)[C@@H]1CC=C(C)C(=NNC(=O)CNc2ccccc2)C1. The van der Waals surface area contributed by atoms with Gasteiger partial charge in [-0.25, -0.2) is 5.43 Å². The Hall–Kier alpha value is -2.36. The molecule has 1 aliphatic carbocycles. The largest absolute Gasteiger partial charge is 0.376 e. The molecular weight excluding hydrogens is 274 g/mol. The van der Waals surface area contributed by atoms with Crippen molar-refractivity contribution in [3.8, 4) is 0 Å². The van der Waals surface area contributed by atoms with Gasteiger partial charge in [-0.15, -0.1) is 0 Å². The highest BCUT2D eigenvalue weighted by molar-refractivity contribution is 6.01. The molecule has 1 amide bonds. The van der Waals surface area contributed by atoms with Gasteiger partial charge in [0.15, 0.2) is 0 Å². The molecule has 0 aliphatic heterocycles. The Morgan fingerprint density at radius 3 is 2.77 bits per heavy atom. The van der Waals surface area contributed by atoms with Crippen molar-refractivity contribution in [1.29, 1.82) is 0 Å². The first-order valence-electron chi connectivity index (χ1n) is 7.53. The number of amides is 1. The maximum atomic E-state index is 11.9. The lowest BCUT2D eigenvalue weighted by molar-refractivity contribution is -0.119. The number of allylic oxidation sites excluding steroid dienone is 3. The van der Waals surface area contributed by atoms with Gasteiger partial charge in [0.05, 0.1) is 12.3 Å². The molecule has 1 aromatic rings. The van der Waals surface area contributed by atoms with Crippen LogP contribution in [0.2, 0.25) is 0 Å². The summed E-state index contributed by atoms with van der Waals surface area (Å²) in [6.07, 6.45) is 4.00. The maximum Gasteiger partial charge on any atom is 0.259 e. The number of anilines is 1. The van der Waals surface area contributed by atoms with Crippen molar-refractivity contribution in [2.24, 2.45) is 11.0 Å². The van der Waals surface area contributed by atoms with Gasteiger partial charge in [0.1, 0.15) is 0 Å². The Kier molecular flexibility index (Phi) is 5.53. The summed E-state index contributed by atoms with van der Waals surface area (Å²) < 4.78 is 0. The van der Waals surface area contributed by atoms with Gasteiger partial charge in [0.25, 0.3) is 5.91 Å². The number of para-hydroxylation sites is 1. The average Bonchev–Trinajstić information content (AvgIpc) is 2.53. The van der Waals surface area contributed by atoms with E-state index in [2.05, 4.69) is 28.5 Å². The minimum Gasteiger partial charge on any atom is -0.376 e. The molecule has 1 atom stereocenters. The molecule has 0 unspecified atom stereocenters. The van der Waals surface area contributed by atoms with Gasteiger partial charge >= 0.3 is 0 Å². The minimum absolute atomic E-state index is 0.151. The third-order valence-corrected chi connectivity index (χ3v) is 3.84. The molecule has 0 saturated heterocycles. The van der Waals surface area contributed by atoms with E-state index in [4.69, 9.17) is 0 Å². The summed E-state index contributed by atoms with van der Waals surface area (Å²) in [5.41, 5.74) is 6.78. The van der Waals surface area contributed by atoms with Gasteiger partial charge in [-0.3, -0.25) is 4.79 Å². The summed E-state index contributed by atoms with van der Waals surface area (Å²) in [7, 11) is 0. The fourth-order valence-electron chi connectivity index (χ4n) is 2.33. The monoisotopic (exact) mass is 297 g/mol. The normalized spacial score (nSPS) is 19.5. The van der Waals surface area contributed by atoms with Gasteiger partial charge in [0, 0.05) is 5.69 Å². The van der Waals surface area contributed by atoms with Crippen molar-refractivity contribution >= 4 is 17.3 Å². The third kappa shape index (κ3) is 4.58. The first kappa shape index (κ1) is 16.0. The van der Waals surface area contributed by atoms with Crippen LogP contribution in [-0.2, 0) is 4.79 Å². The predicted molar refractivity (Wildman–Crippen MR) is 91.8 cm³/mol. The Balaban J connectivity index is 1.87. The molecule has 4 nitrogen and oxygen atoms in total. The fourth-order valence-corrected chi connectivity index (χ4v) is 2.33. The van der Waals surface area contributed by atoms with E-state index in [1.54, 1.807) is 0 Å². The molecule has 1 aromatic carbocycles. The Bertz CT molecular complexity index is 602. The van der Waals surface area contributed by atoms with Crippen LogP contribution in [0.15, 0.2) is 59.2 Å². The van der Waals surface area contributed by atoms with Crippen molar-refractivity contribution in [3.63, 3.8) is 0 Å². The number of carbonyl (C=O) groups is 1. The van der Waals surface area contributed by atoms with Crippen LogP contribution in [0.4, 0.5) is 5.69 Å². The van der Waals surface area contributed by atoms with Crippen LogP contribution in [-0.4, -0.2) is 18.2 Å². The maximum absolute atomic E-state index is 11.9. The minimum atomic E-state index is -0.151. The molecule has 1 aliphatic rings. The van der Waals surface area contributed by atoms with Crippen LogP contribution in [0.3, 0.4) is 0 Å². The van der Waals surface area contributed by atoms with E-state index in [1.807, 2.05) is 44.2 Å². The van der Waals surface area contributed by atoms with E-state index in [-0.39, 0.29) is 12.5 Å². The lowest BCUT2D eigenvalue weighted by Gasteiger charge is -2.22. The van der Waals surface area contributed by atoms with Gasteiger partial charge in [-0.1, -0.05) is 36.4 Å². The Morgan fingerprint density at radius 1 is 1.36 bits per heavy atom. The van der Waals surface area contributed by atoms with E-state index in [1.165, 1.54) is 0 Å². The smallest absolute Gasteiger partial charge is 0.259 e. The van der Waals surface area contributed by atoms with E-state index in [9.17, 15) is 4.79 Å². The van der Waals surface area contributed by atoms with E-state index >= 15 is 0 Å². The summed E-state index contributed by atoms with van der Waals surface area (Å²) >= 11 is 0. The summed E-state index contributed by atoms with van der Waals surface area (Å²) in [6.45, 7) is 8.29. The molecule has 2 rings (SSSR count). The zero-order valence-corrected chi connectivity index (χ0v) is 13.2. The molecule has 0 aromatic heterocycles. The number of hydrogen-bond acceptors (Lipinski definition) is 3. The number of carbonyl (C=O) groups excluding carboxylic acids is 1. The average molecular weight is 297 g/mol. The molecule has 0 heterocycles. The van der Waals surface area contributed by atoms with Crippen LogP contribution in [0, 0.1) is 5.92 Å². The topological polar surface area (TPSA) is 53.5 Å². The van der Waals surface area contributed by atoms with Crippen molar-refractivity contribution < 1.29 is 4.79 Å². The predicted octanol–water partition coefficient (Wildman–Crippen LogP) is 3.50. The Morgan fingerprint density at radius 2 is 2.09 bits per heavy atom. The quantitative estimate of drug-likeness (QED) is 0.645. The molecule has 4 heteroatoms. The highest BCUT2D eigenvalue weighted by Crippen LogP contribution is 2.26. The lowest BCUT2D eigenvalue weighted by Crippen LogP contribution is -2.28. The summed E-state index contributed by atoms with van der Waals surface area (Å²) in [5, 5.41) is 7.34. The van der Waals surface area contributed by atoms with Crippen LogP contribution in [0.25, 0.3) is 0 Å². The molecule has 0 bridgehead atoms. The van der Waals surface area contributed by atoms with Crippen molar-refractivity contribution in [3.05, 3.63) is 54.1 Å². The zero-order chi connectivity index (χ0) is 15.9. The molecule has 0 radical (unpaired) electrons. The number of rotatable bonds is 5. The number of nitrogens with zero attached hydrogens (tertiary/aromatic N) is 1. The van der Waals surface area contributed by atoms with E-state index < -0.39 is 0 Å². The van der Waals surface area contributed by atoms with Crippen LogP contribution in [0.5, 0.6) is 0 Å². The number of nitrogens with one attached hydrogen (secondary N) is 2. The van der Waals surface area contributed by atoms with Gasteiger partial charge < -0.3 is 5.32 Å². The van der Waals surface area contributed by atoms with Crippen LogP contribution >= 0.6 is 0 Å². The molecular formula is C18H23N3O. The first-order valence-corrected chi connectivity index (χ1v) is 7.53. The van der Waals surface area contributed by atoms with Crippen molar-refractivity contribution in [1.82, 2.24) is 5.43 Å². The third-order valence-electron chi connectivity index (χ3n) is 3.84. The lowest BCUT2D eigenvalue weighted by atomic mass is 9.85. The van der Waals surface area contributed by atoms with Crippen molar-refractivity contribution in [2.75, 3.05) is 11.9 Å². The van der Waals surface area contributed by atoms with Crippen LogP contribution in [0.1, 0.15) is 26.7 Å². The molecule has 0 spiro atoms. The molecule has 22 heavy (non-hydrogen) atoms. The standard InChI is InChI=1S/C18H23N3O/c1-13(2)15-10-9-14(3)17(11-15)20-21-18(22)12-19-16-7-5-4-6-8-16/h4-9,15,19H,1,10-12H2,2-3H3,(H,21,22)/t15-/m1/s1. The van der Waals surface area contributed by atoms with Gasteiger partial charge in [-0.05, 0) is 50.3 Å². The first-order chi connectivity index (χ1) is 10.6. The molecule has 2 N–H and O–H groups in total. The number of hydrogen-bond donors (Lipinski definition) is 2. The Labute approximate surface area is 132 Å². The summed E-state index contributed by atoms with van der Waals surface area (Å²) in [5.74, 6) is 0.267. The zero-order valence-electron chi connectivity index (χ0n) is 13.2. The fraction of sp³-hybridized carbons (Fsp3) is 0.333. The van der Waals surface area contributed by atoms with Gasteiger partial charge in [-0.2, -0.15) is 5.10 Å². The highest BCUT2D eigenvalue weighted by Gasteiger charge is 2.18. The highest BCUT2D eigenvalue weighted by atomic mass is 16.2. The molecule has 0 saturated carbocycles. The second-order valence-corrected chi connectivity index (χ2v) is 5.68. The molecule has 0 fully saturated rings. The second-order valence-electron chi connectivity index (χ2n) is 5.68. The summed E-state index contributed by atoms with van der Waals surface area (Å²) in [4.78, 5) is 11.9. The van der Waals surface area contributed by atoms with Gasteiger partial charge in [0.2, 0.25) is 0 Å². The number of benzene rings is 1. The molecule has 116 valence electrons. The van der Waals surface area contributed by atoms with Crippen molar-refractivity contribution in [2.45, 2.75) is 26.7 Å².